The molecule has 1 aromatic heterocycles. The number of rotatable bonds is 8. The van der Waals surface area contributed by atoms with Crippen molar-refractivity contribution in [3.8, 4) is 11.5 Å². The lowest BCUT2D eigenvalue weighted by Gasteiger charge is -2.07. The zero-order valence-electron chi connectivity index (χ0n) is 17.9. The highest BCUT2D eigenvalue weighted by molar-refractivity contribution is 7.90. The van der Waals surface area contributed by atoms with Gasteiger partial charge in [0.1, 0.15) is 11.5 Å². The van der Waals surface area contributed by atoms with E-state index in [1.807, 2.05) is 0 Å². The summed E-state index contributed by atoms with van der Waals surface area (Å²) >= 11 is 0. The molecule has 2 amide bonds. The number of hydrogen-bond donors (Lipinski definition) is 2. The first-order valence-electron chi connectivity index (χ1n) is 9.69. The van der Waals surface area contributed by atoms with Crippen LogP contribution in [0.5, 0.6) is 11.5 Å². The van der Waals surface area contributed by atoms with E-state index >= 15 is 0 Å². The van der Waals surface area contributed by atoms with Crippen LogP contribution in [-0.2, 0) is 20.4 Å². The number of sulfone groups is 1. The molecule has 9 nitrogen and oxygen atoms in total. The van der Waals surface area contributed by atoms with Crippen molar-refractivity contribution in [3.63, 3.8) is 0 Å². The first-order valence-corrected chi connectivity index (χ1v) is 11.3. The molecule has 0 aliphatic carbocycles. The summed E-state index contributed by atoms with van der Waals surface area (Å²) in [5.74, 6) is -0.689. The number of ether oxygens (including phenoxy) is 2. The van der Waals surface area contributed by atoms with Gasteiger partial charge in [-0.15, -0.1) is 0 Å². The maximum absolute atomic E-state index is 12.4. The van der Waals surface area contributed by atoms with E-state index in [0.717, 1.165) is 0 Å². The molecule has 0 saturated heterocycles. The topological polar surface area (TPSA) is 124 Å². The van der Waals surface area contributed by atoms with Crippen molar-refractivity contribution in [3.05, 3.63) is 83.8 Å². The fourth-order valence-corrected chi connectivity index (χ4v) is 4.09. The lowest BCUT2D eigenvalue weighted by Crippen LogP contribution is -2.40. The average Bonchev–Trinajstić information content (AvgIpc) is 3.29. The molecule has 2 N–H and O–H groups in total. The molecule has 0 bridgehead atoms. The maximum Gasteiger partial charge on any atom is 0.305 e. The van der Waals surface area contributed by atoms with Crippen LogP contribution in [0.2, 0.25) is 0 Å². The molecule has 10 heteroatoms. The zero-order chi connectivity index (χ0) is 23.8. The number of hydrazine groups is 1. The van der Waals surface area contributed by atoms with Crippen LogP contribution in [0.3, 0.4) is 0 Å². The fraction of sp³-hybridized carbons (Fsp3) is 0.130. The van der Waals surface area contributed by atoms with Crippen LogP contribution in [0.15, 0.2) is 76.1 Å². The molecule has 172 valence electrons. The number of carbonyl (C=O) groups excluding carboxylic acids is 2. The van der Waals surface area contributed by atoms with Crippen LogP contribution in [0.1, 0.15) is 21.9 Å². The minimum Gasteiger partial charge on any atom is -0.493 e. The molecule has 1 heterocycles. The molecular formula is C23H22N2O7S. The Morgan fingerprint density at radius 1 is 0.939 bits per heavy atom. The van der Waals surface area contributed by atoms with Crippen LogP contribution < -0.4 is 20.3 Å². The van der Waals surface area contributed by atoms with Crippen molar-refractivity contribution in [2.24, 2.45) is 0 Å². The van der Waals surface area contributed by atoms with E-state index in [-0.39, 0.29) is 16.4 Å². The first kappa shape index (κ1) is 23.6. The molecule has 0 atom stereocenters. The minimum atomic E-state index is -3.62. The van der Waals surface area contributed by atoms with E-state index < -0.39 is 27.4 Å². The average molecular weight is 471 g/mol. The molecule has 0 fully saturated rings. The number of amides is 2. The molecule has 0 radical (unpaired) electrons. The van der Waals surface area contributed by atoms with Crippen molar-refractivity contribution in [2.75, 3.05) is 14.2 Å². The van der Waals surface area contributed by atoms with E-state index in [0.29, 0.717) is 17.1 Å². The highest BCUT2D eigenvalue weighted by Crippen LogP contribution is 2.27. The summed E-state index contributed by atoms with van der Waals surface area (Å²) in [4.78, 5) is 24.4. The number of carbonyl (C=O) groups is 2. The molecule has 0 saturated carbocycles. The normalized spacial score (nSPS) is 11.2. The predicted molar refractivity (Wildman–Crippen MR) is 120 cm³/mol. The quantitative estimate of drug-likeness (QED) is 0.383. The van der Waals surface area contributed by atoms with Gasteiger partial charge in [0.05, 0.1) is 19.1 Å². The van der Waals surface area contributed by atoms with Crippen LogP contribution in [0.25, 0.3) is 6.08 Å². The van der Waals surface area contributed by atoms with E-state index in [1.165, 1.54) is 50.6 Å². The van der Waals surface area contributed by atoms with E-state index in [2.05, 4.69) is 10.9 Å². The van der Waals surface area contributed by atoms with Gasteiger partial charge >= 0.3 is 5.91 Å². The summed E-state index contributed by atoms with van der Waals surface area (Å²) in [6.07, 6.45) is 2.75. The Bertz CT molecular complexity index is 1260. The summed E-state index contributed by atoms with van der Waals surface area (Å²) in [5.41, 5.74) is 5.12. The van der Waals surface area contributed by atoms with Crippen LogP contribution >= 0.6 is 0 Å². The molecule has 0 aliphatic heterocycles. The Labute approximate surface area is 190 Å². The second-order valence-corrected chi connectivity index (χ2v) is 8.72. The maximum atomic E-state index is 12.4. The third-order valence-electron chi connectivity index (χ3n) is 4.45. The summed E-state index contributed by atoms with van der Waals surface area (Å²) in [6, 6.07) is 15.8. The molecule has 33 heavy (non-hydrogen) atoms. The second kappa shape index (κ2) is 10.5. The molecule has 0 spiro atoms. The number of hydrogen-bond acceptors (Lipinski definition) is 7. The third-order valence-corrected chi connectivity index (χ3v) is 6.11. The molecule has 0 aliphatic rings. The molecular weight excluding hydrogens is 448 g/mol. The molecule has 2 aromatic carbocycles. The summed E-state index contributed by atoms with van der Waals surface area (Å²) < 4.78 is 40.5. The van der Waals surface area contributed by atoms with Gasteiger partial charge < -0.3 is 13.9 Å². The van der Waals surface area contributed by atoms with Gasteiger partial charge in [-0.05, 0) is 48.0 Å². The Morgan fingerprint density at radius 2 is 1.67 bits per heavy atom. The zero-order valence-corrected chi connectivity index (χ0v) is 18.7. The largest absolute Gasteiger partial charge is 0.493 e. The predicted octanol–water partition coefficient (Wildman–Crippen LogP) is 2.75. The highest BCUT2D eigenvalue weighted by Gasteiger charge is 2.19. The number of nitrogens with one attached hydrogen (secondary N) is 2. The standard InChI is InChI=1S/C23H22N2O7S/c1-30-19-11-8-16(14-21(19)31-2)9-13-22(26)24-25-23(27)20-12-10-17(32-20)15-33(28,29)18-6-4-3-5-7-18/h3-14H,15H2,1-2H3,(H,24,26)(H,25,27). The van der Waals surface area contributed by atoms with Gasteiger partial charge in [-0.3, -0.25) is 20.4 Å². The molecule has 3 rings (SSSR count). The van der Waals surface area contributed by atoms with Crippen LogP contribution in [-0.4, -0.2) is 34.5 Å². The van der Waals surface area contributed by atoms with Crippen molar-refractivity contribution in [1.29, 1.82) is 0 Å². The van der Waals surface area contributed by atoms with Gasteiger partial charge in [0, 0.05) is 6.08 Å². The van der Waals surface area contributed by atoms with Gasteiger partial charge in [0.15, 0.2) is 27.1 Å². The monoisotopic (exact) mass is 470 g/mol. The van der Waals surface area contributed by atoms with Gasteiger partial charge in [-0.1, -0.05) is 24.3 Å². The van der Waals surface area contributed by atoms with E-state index in [1.54, 1.807) is 36.4 Å². The van der Waals surface area contributed by atoms with Gasteiger partial charge in [-0.25, -0.2) is 8.42 Å². The van der Waals surface area contributed by atoms with Gasteiger partial charge in [0.25, 0.3) is 5.91 Å². The first-order chi connectivity index (χ1) is 15.8. The smallest absolute Gasteiger partial charge is 0.305 e. The fourth-order valence-electron chi connectivity index (χ4n) is 2.83. The lowest BCUT2D eigenvalue weighted by atomic mass is 10.2. The molecule has 3 aromatic rings. The number of furan rings is 1. The lowest BCUT2D eigenvalue weighted by molar-refractivity contribution is -0.117. The summed E-state index contributed by atoms with van der Waals surface area (Å²) in [7, 11) is -0.590. The van der Waals surface area contributed by atoms with Crippen molar-refractivity contribution in [2.45, 2.75) is 10.6 Å². The van der Waals surface area contributed by atoms with Crippen LogP contribution in [0, 0.1) is 0 Å². The Balaban J connectivity index is 1.55. The second-order valence-electron chi connectivity index (χ2n) is 6.73. The van der Waals surface area contributed by atoms with Crippen molar-refractivity contribution >= 4 is 27.7 Å². The number of methoxy groups -OCH3 is 2. The number of benzene rings is 2. The van der Waals surface area contributed by atoms with Gasteiger partial charge in [-0.2, -0.15) is 0 Å². The Hall–Kier alpha value is -4.05. The summed E-state index contributed by atoms with van der Waals surface area (Å²) in [6.45, 7) is 0. The SMILES string of the molecule is COc1ccc(C=CC(=O)NNC(=O)c2ccc(CS(=O)(=O)c3ccccc3)o2)cc1OC. The minimum absolute atomic E-state index is 0.101. The Morgan fingerprint density at radius 3 is 2.36 bits per heavy atom. The van der Waals surface area contributed by atoms with Crippen molar-refractivity contribution < 1.29 is 31.9 Å². The van der Waals surface area contributed by atoms with E-state index in [4.69, 9.17) is 13.9 Å². The molecule has 0 unspecified atom stereocenters. The van der Waals surface area contributed by atoms with Crippen LogP contribution in [0.4, 0.5) is 0 Å². The van der Waals surface area contributed by atoms with Crippen molar-refractivity contribution in [1.82, 2.24) is 10.9 Å². The summed E-state index contributed by atoms with van der Waals surface area (Å²) in [5, 5.41) is 0. The highest BCUT2D eigenvalue weighted by atomic mass is 32.2. The third kappa shape index (κ3) is 6.23. The van der Waals surface area contributed by atoms with E-state index in [9.17, 15) is 18.0 Å². The Kier molecular flexibility index (Phi) is 7.52. The van der Waals surface area contributed by atoms with Gasteiger partial charge in [0.2, 0.25) is 0 Å².